The smallest absolute Gasteiger partial charge is 0.231 e. The van der Waals surface area contributed by atoms with Gasteiger partial charge in [-0.25, -0.2) is 0 Å². The molecule has 0 saturated heterocycles. The monoisotopic (exact) mass is 295 g/mol. The summed E-state index contributed by atoms with van der Waals surface area (Å²) in [6.07, 6.45) is 1.58. The molecule has 4 heteroatoms. The van der Waals surface area contributed by atoms with Crippen LogP contribution >= 0.6 is 0 Å². The first-order valence-corrected chi connectivity index (χ1v) is 8.03. The van der Waals surface area contributed by atoms with Crippen molar-refractivity contribution in [3.05, 3.63) is 40.6 Å². The third-order valence-corrected chi connectivity index (χ3v) is 4.94. The molecule has 0 unspecified atom stereocenters. The van der Waals surface area contributed by atoms with Gasteiger partial charge in [-0.3, -0.25) is 4.79 Å². The molecule has 4 nitrogen and oxygen atoms in total. The van der Waals surface area contributed by atoms with Gasteiger partial charge in [0.25, 0.3) is 0 Å². The van der Waals surface area contributed by atoms with Crippen molar-refractivity contribution in [2.24, 2.45) is 0 Å². The predicted octanol–water partition coefficient (Wildman–Crippen LogP) is 2.54. The van der Waals surface area contributed by atoms with Gasteiger partial charge in [0.2, 0.25) is 5.91 Å². The number of fused-ring (bicyclic) bond motifs is 2. The fourth-order valence-electron chi connectivity index (χ4n) is 3.75. The molecule has 0 radical (unpaired) electrons. The molecular formula is C18H21N3O. The third kappa shape index (κ3) is 1.91. The van der Waals surface area contributed by atoms with Crippen LogP contribution in [0.25, 0.3) is 11.3 Å². The summed E-state index contributed by atoms with van der Waals surface area (Å²) in [6.45, 7) is 6.94. The number of likely N-dealkylation sites (N-methyl/N-ethyl adjacent to an activating group) is 1. The summed E-state index contributed by atoms with van der Waals surface area (Å²) in [5, 5.41) is 3.44. The van der Waals surface area contributed by atoms with Crippen molar-refractivity contribution in [2.45, 2.75) is 33.2 Å². The quantitative estimate of drug-likeness (QED) is 0.894. The van der Waals surface area contributed by atoms with Crippen molar-refractivity contribution in [1.29, 1.82) is 0 Å². The molecule has 2 aromatic rings. The molecule has 0 bridgehead atoms. The minimum Gasteiger partial charge on any atom is -0.358 e. The molecule has 114 valence electrons. The van der Waals surface area contributed by atoms with E-state index in [2.05, 4.69) is 35.4 Å². The molecule has 2 aliphatic rings. The van der Waals surface area contributed by atoms with Gasteiger partial charge in [0.05, 0.1) is 6.42 Å². The highest BCUT2D eigenvalue weighted by Crippen LogP contribution is 2.35. The minimum absolute atomic E-state index is 0.210. The van der Waals surface area contributed by atoms with Crippen molar-refractivity contribution in [3.63, 3.8) is 0 Å². The van der Waals surface area contributed by atoms with Gasteiger partial charge in [0, 0.05) is 43.1 Å². The molecule has 0 saturated carbocycles. The van der Waals surface area contributed by atoms with Gasteiger partial charge in [-0.05, 0) is 48.2 Å². The average molecular weight is 295 g/mol. The summed E-state index contributed by atoms with van der Waals surface area (Å²) in [6, 6.07) is 6.41. The number of hydrogen-bond acceptors (Lipinski definition) is 2. The van der Waals surface area contributed by atoms with Crippen molar-refractivity contribution in [2.75, 3.05) is 18.0 Å². The lowest BCUT2D eigenvalue weighted by Crippen LogP contribution is -2.25. The summed E-state index contributed by atoms with van der Waals surface area (Å²) >= 11 is 0. The Morgan fingerprint density at radius 2 is 2.18 bits per heavy atom. The second-order valence-electron chi connectivity index (χ2n) is 6.17. The van der Waals surface area contributed by atoms with Crippen LogP contribution in [-0.4, -0.2) is 24.0 Å². The Morgan fingerprint density at radius 1 is 1.32 bits per heavy atom. The molecule has 2 N–H and O–H groups in total. The van der Waals surface area contributed by atoms with E-state index in [0.717, 1.165) is 37.3 Å². The SMILES string of the molecule is CCN1C(=O)Cc2cc(-c3[nH]c4c(c3C)CNCC4)ccc21. The Kier molecular flexibility index (Phi) is 3.08. The first-order valence-electron chi connectivity index (χ1n) is 8.03. The van der Waals surface area contributed by atoms with E-state index in [1.54, 1.807) is 0 Å². The van der Waals surface area contributed by atoms with Crippen molar-refractivity contribution < 1.29 is 4.79 Å². The van der Waals surface area contributed by atoms with Crippen LogP contribution in [0.3, 0.4) is 0 Å². The van der Waals surface area contributed by atoms with Gasteiger partial charge in [0.15, 0.2) is 0 Å². The van der Waals surface area contributed by atoms with Gasteiger partial charge in [-0.2, -0.15) is 0 Å². The molecule has 22 heavy (non-hydrogen) atoms. The lowest BCUT2D eigenvalue weighted by atomic mass is 10.0. The highest BCUT2D eigenvalue weighted by molar-refractivity contribution is 6.01. The zero-order valence-electron chi connectivity index (χ0n) is 13.1. The summed E-state index contributed by atoms with van der Waals surface area (Å²) in [5.74, 6) is 0.210. The molecule has 3 heterocycles. The van der Waals surface area contributed by atoms with Gasteiger partial charge >= 0.3 is 0 Å². The summed E-state index contributed by atoms with van der Waals surface area (Å²) in [4.78, 5) is 17.5. The van der Waals surface area contributed by atoms with Gasteiger partial charge in [-0.15, -0.1) is 0 Å². The lowest BCUT2D eigenvalue weighted by molar-refractivity contribution is -0.117. The topological polar surface area (TPSA) is 48.1 Å². The molecule has 0 aliphatic carbocycles. The van der Waals surface area contributed by atoms with Crippen molar-refractivity contribution in [1.82, 2.24) is 10.3 Å². The number of aromatic nitrogens is 1. The zero-order chi connectivity index (χ0) is 15.3. The van der Waals surface area contributed by atoms with E-state index < -0.39 is 0 Å². The number of carbonyl (C=O) groups is 1. The molecule has 1 amide bonds. The van der Waals surface area contributed by atoms with Crippen LogP contribution in [0.2, 0.25) is 0 Å². The molecule has 2 aliphatic heterocycles. The van der Waals surface area contributed by atoms with Crippen LogP contribution in [0.1, 0.15) is 29.3 Å². The summed E-state index contributed by atoms with van der Waals surface area (Å²) < 4.78 is 0. The molecule has 1 aromatic heterocycles. The van der Waals surface area contributed by atoms with E-state index >= 15 is 0 Å². The molecule has 0 fully saturated rings. The Bertz CT molecular complexity index is 760. The van der Waals surface area contributed by atoms with E-state index in [-0.39, 0.29) is 5.91 Å². The average Bonchev–Trinajstić information content (AvgIpc) is 3.03. The van der Waals surface area contributed by atoms with Crippen molar-refractivity contribution >= 4 is 11.6 Å². The number of anilines is 1. The normalized spacial score (nSPS) is 16.8. The molecule has 4 rings (SSSR count). The maximum absolute atomic E-state index is 12.0. The van der Waals surface area contributed by atoms with E-state index in [4.69, 9.17) is 0 Å². The van der Waals surface area contributed by atoms with Crippen LogP contribution in [-0.2, 0) is 24.2 Å². The van der Waals surface area contributed by atoms with E-state index in [0.29, 0.717) is 6.42 Å². The fraction of sp³-hybridized carbons (Fsp3) is 0.389. The predicted molar refractivity (Wildman–Crippen MR) is 88.1 cm³/mol. The highest BCUT2D eigenvalue weighted by atomic mass is 16.2. The maximum Gasteiger partial charge on any atom is 0.231 e. The number of carbonyl (C=O) groups excluding carboxylic acids is 1. The van der Waals surface area contributed by atoms with Crippen molar-refractivity contribution in [3.8, 4) is 11.3 Å². The number of H-pyrrole nitrogens is 1. The third-order valence-electron chi connectivity index (χ3n) is 4.94. The molecular weight excluding hydrogens is 274 g/mol. The largest absolute Gasteiger partial charge is 0.358 e. The van der Waals surface area contributed by atoms with Gasteiger partial charge < -0.3 is 15.2 Å². The number of nitrogens with one attached hydrogen (secondary N) is 2. The second kappa shape index (κ2) is 4.99. The highest BCUT2D eigenvalue weighted by Gasteiger charge is 2.26. The lowest BCUT2D eigenvalue weighted by Gasteiger charge is -2.14. The number of rotatable bonds is 2. The molecule has 0 atom stereocenters. The van der Waals surface area contributed by atoms with E-state index in [1.807, 2.05) is 11.8 Å². The Hall–Kier alpha value is -2.07. The zero-order valence-corrected chi connectivity index (χ0v) is 13.1. The summed E-state index contributed by atoms with van der Waals surface area (Å²) in [5.41, 5.74) is 8.72. The fourth-order valence-corrected chi connectivity index (χ4v) is 3.75. The standard InChI is InChI=1S/C18H21N3O/c1-3-21-16-5-4-12(8-13(16)9-17(21)22)18-11(2)14-10-19-7-6-15(14)20-18/h4-5,8,19-20H,3,6-7,9-10H2,1-2H3. The van der Waals surface area contributed by atoms with Crippen LogP contribution in [0.5, 0.6) is 0 Å². The van der Waals surface area contributed by atoms with Crippen LogP contribution in [0.4, 0.5) is 5.69 Å². The minimum atomic E-state index is 0.210. The first-order chi connectivity index (χ1) is 10.7. The van der Waals surface area contributed by atoms with E-state index in [1.165, 1.54) is 28.1 Å². The van der Waals surface area contributed by atoms with Crippen LogP contribution in [0.15, 0.2) is 18.2 Å². The van der Waals surface area contributed by atoms with Crippen LogP contribution in [0, 0.1) is 6.92 Å². The van der Waals surface area contributed by atoms with Gasteiger partial charge in [0.1, 0.15) is 0 Å². The number of hydrogen-bond donors (Lipinski definition) is 2. The van der Waals surface area contributed by atoms with Gasteiger partial charge in [-0.1, -0.05) is 6.07 Å². The number of amides is 1. The number of nitrogens with zero attached hydrogens (tertiary/aromatic N) is 1. The first kappa shape index (κ1) is 13.6. The number of aromatic amines is 1. The Balaban J connectivity index is 1.78. The Morgan fingerprint density at radius 3 is 2.95 bits per heavy atom. The Labute approximate surface area is 130 Å². The molecule has 1 aromatic carbocycles. The molecule has 0 spiro atoms. The number of benzene rings is 1. The second-order valence-corrected chi connectivity index (χ2v) is 6.17. The summed E-state index contributed by atoms with van der Waals surface area (Å²) in [7, 11) is 0. The maximum atomic E-state index is 12.0. The van der Waals surface area contributed by atoms with Crippen LogP contribution < -0.4 is 10.2 Å². The van der Waals surface area contributed by atoms with E-state index in [9.17, 15) is 4.79 Å².